The van der Waals surface area contributed by atoms with Crippen molar-refractivity contribution < 1.29 is 13.2 Å². The molecule has 0 aliphatic carbocycles. The van der Waals surface area contributed by atoms with Crippen molar-refractivity contribution in [1.82, 2.24) is 4.72 Å². The largest absolute Gasteiger partial charge is 0.494 e. The maximum atomic E-state index is 12.3. The van der Waals surface area contributed by atoms with E-state index < -0.39 is 10.0 Å². The summed E-state index contributed by atoms with van der Waals surface area (Å²) >= 11 is 0. The van der Waals surface area contributed by atoms with Gasteiger partial charge in [0.05, 0.1) is 11.5 Å². The summed E-state index contributed by atoms with van der Waals surface area (Å²) < 4.78 is 32.7. The third kappa shape index (κ3) is 4.98. The number of rotatable bonds is 9. The van der Waals surface area contributed by atoms with Gasteiger partial charge in [0.15, 0.2) is 0 Å². The molecule has 0 spiro atoms. The van der Waals surface area contributed by atoms with Crippen molar-refractivity contribution in [3.05, 3.63) is 23.8 Å². The molecule has 0 bridgehead atoms. The summed E-state index contributed by atoms with van der Waals surface area (Å²) in [4.78, 5) is 0.234. The Balaban J connectivity index is 2.93. The van der Waals surface area contributed by atoms with Gasteiger partial charge in [0.1, 0.15) is 5.75 Å². The number of ether oxygens (including phenoxy) is 1. The minimum absolute atomic E-state index is 0.234. The Morgan fingerprint density at radius 3 is 2.43 bits per heavy atom. The minimum atomic E-state index is -3.50. The maximum Gasteiger partial charge on any atom is 0.240 e. The Bertz CT molecular complexity index is 540. The van der Waals surface area contributed by atoms with E-state index in [4.69, 9.17) is 10.5 Å². The minimum Gasteiger partial charge on any atom is -0.494 e. The first-order valence-electron chi connectivity index (χ1n) is 7.43. The van der Waals surface area contributed by atoms with Gasteiger partial charge in [-0.2, -0.15) is 0 Å². The summed E-state index contributed by atoms with van der Waals surface area (Å²) in [5.41, 5.74) is 6.36. The van der Waals surface area contributed by atoms with E-state index in [0.29, 0.717) is 30.4 Å². The summed E-state index contributed by atoms with van der Waals surface area (Å²) in [6, 6.07) is 4.80. The van der Waals surface area contributed by atoms with Gasteiger partial charge < -0.3 is 10.5 Å². The zero-order chi connectivity index (χ0) is 15.9. The van der Waals surface area contributed by atoms with Crippen LogP contribution in [0, 0.1) is 5.92 Å². The van der Waals surface area contributed by atoms with Gasteiger partial charge in [0, 0.05) is 18.7 Å². The molecule has 5 nitrogen and oxygen atoms in total. The van der Waals surface area contributed by atoms with Crippen LogP contribution in [0.4, 0.5) is 0 Å². The molecule has 0 atom stereocenters. The van der Waals surface area contributed by atoms with E-state index in [2.05, 4.69) is 18.6 Å². The average Bonchev–Trinajstić information content (AvgIpc) is 2.48. The average molecular weight is 314 g/mol. The lowest BCUT2D eigenvalue weighted by atomic mass is 10.0. The summed E-state index contributed by atoms with van der Waals surface area (Å²) in [6.07, 6.45) is 1.91. The van der Waals surface area contributed by atoms with E-state index in [0.717, 1.165) is 12.8 Å². The fourth-order valence-electron chi connectivity index (χ4n) is 2.07. The normalized spacial score (nSPS) is 11.9. The molecular weight excluding hydrogens is 288 g/mol. The smallest absolute Gasteiger partial charge is 0.240 e. The van der Waals surface area contributed by atoms with Crippen LogP contribution in [-0.4, -0.2) is 21.6 Å². The third-order valence-electron chi connectivity index (χ3n) is 3.58. The van der Waals surface area contributed by atoms with Crippen LogP contribution in [-0.2, 0) is 16.6 Å². The quantitative estimate of drug-likeness (QED) is 0.732. The van der Waals surface area contributed by atoms with Gasteiger partial charge in [-0.15, -0.1) is 0 Å². The van der Waals surface area contributed by atoms with E-state index >= 15 is 0 Å². The van der Waals surface area contributed by atoms with Crippen LogP contribution >= 0.6 is 0 Å². The van der Waals surface area contributed by atoms with Crippen molar-refractivity contribution in [1.29, 1.82) is 0 Å². The molecule has 0 aromatic heterocycles. The Morgan fingerprint density at radius 2 is 1.90 bits per heavy atom. The van der Waals surface area contributed by atoms with Gasteiger partial charge in [0.25, 0.3) is 0 Å². The van der Waals surface area contributed by atoms with Crippen LogP contribution in [0.15, 0.2) is 23.1 Å². The molecule has 0 fully saturated rings. The molecule has 1 aromatic rings. The van der Waals surface area contributed by atoms with Crippen LogP contribution < -0.4 is 15.2 Å². The summed E-state index contributed by atoms with van der Waals surface area (Å²) in [5, 5.41) is 0. The fraction of sp³-hybridized carbons (Fsp3) is 0.600. The Labute approximate surface area is 127 Å². The first-order chi connectivity index (χ1) is 9.98. The Hall–Kier alpha value is -1.11. The van der Waals surface area contributed by atoms with Crippen molar-refractivity contribution in [2.45, 2.75) is 45.1 Å². The molecule has 0 unspecified atom stereocenters. The molecule has 1 rings (SSSR count). The molecule has 1 aromatic carbocycles. The zero-order valence-corrected chi connectivity index (χ0v) is 13.9. The molecular formula is C15H26N2O3S. The summed E-state index contributed by atoms with van der Waals surface area (Å²) in [7, 11) is -3.50. The standard InChI is InChI=1S/C15H26N2O3S/c1-4-12(5-2)11-17-21(18,19)14-7-8-15(20-6-3)13(9-14)10-16/h7-9,12,17H,4-6,10-11,16H2,1-3H3. The van der Waals surface area contributed by atoms with E-state index in [9.17, 15) is 8.42 Å². The van der Waals surface area contributed by atoms with Crippen LogP contribution in [0.3, 0.4) is 0 Å². The highest BCUT2D eigenvalue weighted by Crippen LogP contribution is 2.22. The molecule has 120 valence electrons. The second kappa shape index (κ2) is 8.36. The Kier molecular flexibility index (Phi) is 7.14. The topological polar surface area (TPSA) is 81.4 Å². The third-order valence-corrected chi connectivity index (χ3v) is 5.00. The van der Waals surface area contributed by atoms with Crippen LogP contribution in [0.2, 0.25) is 0 Å². The second-order valence-corrected chi connectivity index (χ2v) is 6.71. The number of benzene rings is 1. The SMILES string of the molecule is CCOc1ccc(S(=O)(=O)NCC(CC)CC)cc1CN. The van der Waals surface area contributed by atoms with Crippen molar-refractivity contribution in [3.63, 3.8) is 0 Å². The highest BCUT2D eigenvalue weighted by Gasteiger charge is 2.17. The van der Waals surface area contributed by atoms with Crippen molar-refractivity contribution >= 4 is 10.0 Å². The molecule has 0 saturated heterocycles. The lowest BCUT2D eigenvalue weighted by Crippen LogP contribution is -2.29. The van der Waals surface area contributed by atoms with Crippen LogP contribution in [0.1, 0.15) is 39.2 Å². The molecule has 21 heavy (non-hydrogen) atoms. The molecule has 0 aliphatic rings. The van der Waals surface area contributed by atoms with Gasteiger partial charge in [-0.05, 0) is 31.0 Å². The number of nitrogens with one attached hydrogen (secondary N) is 1. The van der Waals surface area contributed by atoms with Gasteiger partial charge in [0.2, 0.25) is 10.0 Å². The van der Waals surface area contributed by atoms with E-state index in [1.807, 2.05) is 6.92 Å². The lowest BCUT2D eigenvalue weighted by molar-refractivity contribution is 0.336. The molecule has 3 N–H and O–H groups in total. The zero-order valence-electron chi connectivity index (χ0n) is 13.1. The molecule has 0 amide bonds. The van der Waals surface area contributed by atoms with Crippen LogP contribution in [0.25, 0.3) is 0 Å². The van der Waals surface area contributed by atoms with Gasteiger partial charge in [-0.1, -0.05) is 26.7 Å². The van der Waals surface area contributed by atoms with E-state index in [1.54, 1.807) is 18.2 Å². The molecule has 0 heterocycles. The highest BCUT2D eigenvalue weighted by atomic mass is 32.2. The van der Waals surface area contributed by atoms with Crippen molar-refractivity contribution in [2.75, 3.05) is 13.2 Å². The predicted molar refractivity (Wildman–Crippen MR) is 84.8 cm³/mol. The number of sulfonamides is 1. The molecule has 6 heteroatoms. The lowest BCUT2D eigenvalue weighted by Gasteiger charge is -2.15. The van der Waals surface area contributed by atoms with Gasteiger partial charge in [-0.3, -0.25) is 0 Å². The Morgan fingerprint density at radius 1 is 1.24 bits per heavy atom. The monoisotopic (exact) mass is 314 g/mol. The molecule has 0 aliphatic heterocycles. The van der Waals surface area contributed by atoms with Gasteiger partial charge >= 0.3 is 0 Å². The summed E-state index contributed by atoms with van der Waals surface area (Å²) in [6.45, 7) is 7.22. The first-order valence-corrected chi connectivity index (χ1v) is 8.92. The molecule has 0 radical (unpaired) electrons. The number of hydrogen-bond donors (Lipinski definition) is 2. The van der Waals surface area contributed by atoms with Gasteiger partial charge in [-0.25, -0.2) is 13.1 Å². The second-order valence-electron chi connectivity index (χ2n) is 4.94. The van der Waals surface area contributed by atoms with E-state index in [-0.39, 0.29) is 11.4 Å². The maximum absolute atomic E-state index is 12.3. The fourth-order valence-corrected chi connectivity index (χ4v) is 3.23. The van der Waals surface area contributed by atoms with Crippen molar-refractivity contribution in [2.24, 2.45) is 11.7 Å². The van der Waals surface area contributed by atoms with E-state index in [1.165, 1.54) is 0 Å². The number of hydrogen-bond acceptors (Lipinski definition) is 4. The molecule has 0 saturated carbocycles. The predicted octanol–water partition coefficient (Wildman–Crippen LogP) is 2.26. The van der Waals surface area contributed by atoms with Crippen LogP contribution in [0.5, 0.6) is 5.75 Å². The number of nitrogens with two attached hydrogens (primary N) is 1. The first kappa shape index (κ1) is 17.9. The highest BCUT2D eigenvalue weighted by molar-refractivity contribution is 7.89. The summed E-state index contributed by atoms with van der Waals surface area (Å²) in [5.74, 6) is 0.996. The van der Waals surface area contributed by atoms with Crippen molar-refractivity contribution in [3.8, 4) is 5.75 Å².